The number of esters is 2. The summed E-state index contributed by atoms with van der Waals surface area (Å²) in [6.07, 6.45) is 2.53. The molecule has 2 aromatic rings. The lowest BCUT2D eigenvalue weighted by atomic mass is 9.79. The molecule has 0 heterocycles. The molecule has 2 aromatic carbocycles. The number of aliphatic hydroxyl groups excluding tert-OH is 1. The SMILES string of the molecule is CCC(CC(CC(C)C(=O)OCCO)c1ccc(OC(C)=O)cc1)c1ccccc1. The molecule has 1 N–H and O–H groups in total. The third-order valence-electron chi connectivity index (χ3n) is 5.32. The molecule has 0 spiro atoms. The highest BCUT2D eigenvalue weighted by molar-refractivity contribution is 5.72. The zero-order valence-corrected chi connectivity index (χ0v) is 18.0. The molecule has 2 rings (SSSR count). The van der Waals surface area contributed by atoms with E-state index in [4.69, 9.17) is 14.6 Å². The van der Waals surface area contributed by atoms with Crippen molar-refractivity contribution in [1.82, 2.24) is 0 Å². The van der Waals surface area contributed by atoms with Gasteiger partial charge in [-0.15, -0.1) is 0 Å². The largest absolute Gasteiger partial charge is 0.463 e. The number of aliphatic hydroxyl groups is 1. The van der Waals surface area contributed by atoms with E-state index < -0.39 is 0 Å². The van der Waals surface area contributed by atoms with Crippen molar-refractivity contribution in [2.75, 3.05) is 13.2 Å². The normalized spacial score (nSPS) is 13.9. The molecule has 5 heteroatoms. The molecule has 5 nitrogen and oxygen atoms in total. The summed E-state index contributed by atoms with van der Waals surface area (Å²) in [6.45, 7) is 5.26. The fraction of sp³-hybridized carbons (Fsp3) is 0.440. The molecule has 0 bridgehead atoms. The van der Waals surface area contributed by atoms with Gasteiger partial charge in [0.15, 0.2) is 0 Å². The van der Waals surface area contributed by atoms with E-state index in [0.717, 1.165) is 18.4 Å². The van der Waals surface area contributed by atoms with E-state index in [-0.39, 0.29) is 37.0 Å². The minimum atomic E-state index is -0.352. The van der Waals surface area contributed by atoms with Crippen LogP contribution in [0.3, 0.4) is 0 Å². The van der Waals surface area contributed by atoms with Crippen LogP contribution in [0.25, 0.3) is 0 Å². The van der Waals surface area contributed by atoms with Gasteiger partial charge in [0.2, 0.25) is 0 Å². The molecule has 0 aromatic heterocycles. The number of hydrogen-bond acceptors (Lipinski definition) is 5. The van der Waals surface area contributed by atoms with Crippen molar-refractivity contribution in [3.8, 4) is 5.75 Å². The monoisotopic (exact) mass is 412 g/mol. The molecule has 0 amide bonds. The topological polar surface area (TPSA) is 72.8 Å². The molecular formula is C25H32O5. The van der Waals surface area contributed by atoms with Crippen LogP contribution in [0.1, 0.15) is 63.0 Å². The standard InChI is InChI=1S/C25H32O5/c1-4-20(21-8-6-5-7-9-21)17-23(16-18(2)25(28)29-15-14-26)22-10-12-24(13-11-22)30-19(3)27/h5-13,18,20,23,26H,4,14-17H2,1-3H3. The van der Waals surface area contributed by atoms with Crippen LogP contribution < -0.4 is 4.74 Å². The van der Waals surface area contributed by atoms with E-state index >= 15 is 0 Å². The third-order valence-corrected chi connectivity index (χ3v) is 5.32. The Labute approximate surface area is 179 Å². The zero-order chi connectivity index (χ0) is 21.9. The van der Waals surface area contributed by atoms with Crippen LogP contribution in [0.2, 0.25) is 0 Å². The lowest BCUT2D eigenvalue weighted by Gasteiger charge is -2.26. The van der Waals surface area contributed by atoms with Gasteiger partial charge >= 0.3 is 11.9 Å². The minimum absolute atomic E-state index is 0.0204. The van der Waals surface area contributed by atoms with Crippen LogP contribution in [-0.2, 0) is 14.3 Å². The first-order valence-electron chi connectivity index (χ1n) is 10.5. The first kappa shape index (κ1) is 23.6. The first-order chi connectivity index (χ1) is 14.4. The first-order valence-corrected chi connectivity index (χ1v) is 10.5. The number of benzene rings is 2. The predicted molar refractivity (Wildman–Crippen MR) is 116 cm³/mol. The maximum atomic E-state index is 12.3. The Morgan fingerprint density at radius 2 is 1.57 bits per heavy atom. The van der Waals surface area contributed by atoms with Crippen LogP contribution in [0, 0.1) is 5.92 Å². The van der Waals surface area contributed by atoms with Gasteiger partial charge in [-0.25, -0.2) is 0 Å². The Balaban J connectivity index is 2.22. The second-order valence-electron chi connectivity index (χ2n) is 7.64. The van der Waals surface area contributed by atoms with E-state index in [2.05, 4.69) is 31.2 Å². The smallest absolute Gasteiger partial charge is 0.308 e. The second-order valence-corrected chi connectivity index (χ2v) is 7.64. The molecule has 0 fully saturated rings. The van der Waals surface area contributed by atoms with Crippen molar-refractivity contribution < 1.29 is 24.2 Å². The van der Waals surface area contributed by atoms with Gasteiger partial charge in [0.25, 0.3) is 0 Å². The molecule has 3 atom stereocenters. The number of rotatable bonds is 11. The Hall–Kier alpha value is -2.66. The maximum Gasteiger partial charge on any atom is 0.308 e. The van der Waals surface area contributed by atoms with Gasteiger partial charge in [-0.05, 0) is 54.4 Å². The van der Waals surface area contributed by atoms with Crippen LogP contribution >= 0.6 is 0 Å². The molecule has 0 aliphatic rings. The summed E-state index contributed by atoms with van der Waals surface area (Å²) < 4.78 is 10.3. The summed E-state index contributed by atoms with van der Waals surface area (Å²) >= 11 is 0. The van der Waals surface area contributed by atoms with Gasteiger partial charge < -0.3 is 14.6 Å². The molecule has 30 heavy (non-hydrogen) atoms. The van der Waals surface area contributed by atoms with Crippen molar-refractivity contribution in [3.63, 3.8) is 0 Å². The Morgan fingerprint density at radius 1 is 0.933 bits per heavy atom. The molecule has 0 saturated carbocycles. The molecule has 3 unspecified atom stereocenters. The van der Waals surface area contributed by atoms with Crippen LogP contribution in [-0.4, -0.2) is 30.3 Å². The lowest BCUT2D eigenvalue weighted by Crippen LogP contribution is -2.20. The Bertz CT molecular complexity index is 785. The minimum Gasteiger partial charge on any atom is -0.463 e. The average Bonchev–Trinajstić information content (AvgIpc) is 2.75. The van der Waals surface area contributed by atoms with Crippen molar-refractivity contribution in [1.29, 1.82) is 0 Å². The summed E-state index contributed by atoms with van der Waals surface area (Å²) in [5, 5.41) is 8.91. The molecule has 0 aliphatic carbocycles. The fourth-order valence-corrected chi connectivity index (χ4v) is 3.76. The third kappa shape index (κ3) is 7.30. The Kier molecular flexibility index (Phi) is 9.55. The van der Waals surface area contributed by atoms with Gasteiger partial charge in [0.05, 0.1) is 12.5 Å². The maximum absolute atomic E-state index is 12.3. The molecule has 0 saturated heterocycles. The van der Waals surface area contributed by atoms with Crippen molar-refractivity contribution in [3.05, 3.63) is 65.7 Å². The van der Waals surface area contributed by atoms with Crippen molar-refractivity contribution in [2.24, 2.45) is 5.92 Å². The highest BCUT2D eigenvalue weighted by Crippen LogP contribution is 2.37. The fourth-order valence-electron chi connectivity index (χ4n) is 3.76. The van der Waals surface area contributed by atoms with Gasteiger partial charge in [0.1, 0.15) is 12.4 Å². The van der Waals surface area contributed by atoms with Gasteiger partial charge in [-0.1, -0.05) is 56.3 Å². The van der Waals surface area contributed by atoms with E-state index in [1.165, 1.54) is 12.5 Å². The number of carbonyl (C=O) groups is 2. The average molecular weight is 413 g/mol. The van der Waals surface area contributed by atoms with E-state index in [1.807, 2.05) is 25.1 Å². The lowest BCUT2D eigenvalue weighted by molar-refractivity contribution is -0.149. The summed E-state index contributed by atoms with van der Waals surface area (Å²) in [4.78, 5) is 23.5. The summed E-state index contributed by atoms with van der Waals surface area (Å²) in [6, 6.07) is 17.9. The van der Waals surface area contributed by atoms with Crippen LogP contribution in [0.5, 0.6) is 5.75 Å². The van der Waals surface area contributed by atoms with E-state index in [1.54, 1.807) is 12.1 Å². The van der Waals surface area contributed by atoms with E-state index in [9.17, 15) is 9.59 Å². The predicted octanol–water partition coefficient (Wildman–Crippen LogP) is 4.84. The molecule has 0 radical (unpaired) electrons. The highest BCUT2D eigenvalue weighted by atomic mass is 16.5. The van der Waals surface area contributed by atoms with Crippen LogP contribution in [0.4, 0.5) is 0 Å². The highest BCUT2D eigenvalue weighted by Gasteiger charge is 2.24. The number of ether oxygens (including phenoxy) is 2. The van der Waals surface area contributed by atoms with Gasteiger partial charge in [-0.3, -0.25) is 9.59 Å². The number of hydrogen-bond donors (Lipinski definition) is 1. The van der Waals surface area contributed by atoms with Gasteiger partial charge in [-0.2, -0.15) is 0 Å². The molecule has 0 aliphatic heterocycles. The van der Waals surface area contributed by atoms with Gasteiger partial charge in [0, 0.05) is 6.92 Å². The van der Waals surface area contributed by atoms with Crippen molar-refractivity contribution >= 4 is 11.9 Å². The summed E-state index contributed by atoms with van der Waals surface area (Å²) in [5.74, 6) is 0.0784. The van der Waals surface area contributed by atoms with E-state index in [0.29, 0.717) is 18.1 Å². The Morgan fingerprint density at radius 3 is 2.13 bits per heavy atom. The summed E-state index contributed by atoms with van der Waals surface area (Å²) in [5.41, 5.74) is 2.39. The number of carbonyl (C=O) groups excluding carboxylic acids is 2. The molecular weight excluding hydrogens is 380 g/mol. The second kappa shape index (κ2) is 12.1. The quantitative estimate of drug-likeness (QED) is 0.422. The van der Waals surface area contributed by atoms with Crippen molar-refractivity contribution in [2.45, 2.75) is 51.9 Å². The molecule has 162 valence electrons. The van der Waals surface area contributed by atoms with Crippen LogP contribution in [0.15, 0.2) is 54.6 Å². The summed E-state index contributed by atoms with van der Waals surface area (Å²) in [7, 11) is 0. The zero-order valence-electron chi connectivity index (χ0n) is 18.0.